The third-order valence-corrected chi connectivity index (χ3v) is 7.04. The molecule has 5 nitrogen and oxygen atoms in total. The lowest BCUT2D eigenvalue weighted by molar-refractivity contribution is -0.139. The highest BCUT2D eigenvalue weighted by Crippen LogP contribution is 2.40. The molecule has 31 heavy (non-hydrogen) atoms. The Bertz CT molecular complexity index is 1180. The molecular weight excluding hydrogens is 437 g/mol. The smallest absolute Gasteiger partial charge is 0.311 e. The van der Waals surface area contributed by atoms with Crippen LogP contribution in [0.1, 0.15) is 59.6 Å². The van der Waals surface area contributed by atoms with E-state index in [0.717, 1.165) is 25.7 Å². The fourth-order valence-electron chi connectivity index (χ4n) is 4.81. The van der Waals surface area contributed by atoms with Gasteiger partial charge in [-0.05, 0) is 61.2 Å². The number of hydrogen-bond acceptors (Lipinski definition) is 3. The molecule has 7 heteroatoms. The number of aromatic hydroxyl groups is 1. The summed E-state index contributed by atoms with van der Waals surface area (Å²) >= 11 is 12.1. The Hall–Kier alpha value is -2.50. The summed E-state index contributed by atoms with van der Waals surface area (Å²) < 4.78 is 1.51. The summed E-state index contributed by atoms with van der Waals surface area (Å²) in [5.74, 6) is -1.63. The summed E-state index contributed by atoms with van der Waals surface area (Å²) in [7, 11) is 0. The lowest BCUT2D eigenvalue weighted by Crippen LogP contribution is -2.18. The average molecular weight is 460 g/mol. The van der Waals surface area contributed by atoms with Crippen LogP contribution in [0, 0.1) is 12.8 Å². The minimum atomic E-state index is -0.917. The number of phenolic OH excluding ortho intramolecular Hbond substituents is 1. The number of hydrogen-bond donors (Lipinski definition) is 2. The van der Waals surface area contributed by atoms with Crippen LogP contribution >= 0.6 is 23.2 Å². The molecule has 1 aliphatic carbocycles. The number of fused-ring (bicyclic) bond motifs is 1. The molecule has 2 aromatic carbocycles. The van der Waals surface area contributed by atoms with Crippen molar-refractivity contribution in [1.82, 2.24) is 4.57 Å². The van der Waals surface area contributed by atoms with E-state index in [0.29, 0.717) is 45.1 Å². The second kappa shape index (κ2) is 8.56. The maximum atomic E-state index is 13.4. The van der Waals surface area contributed by atoms with Gasteiger partial charge >= 0.3 is 5.97 Å². The zero-order valence-electron chi connectivity index (χ0n) is 17.1. The van der Waals surface area contributed by atoms with Gasteiger partial charge in [-0.2, -0.15) is 0 Å². The van der Waals surface area contributed by atoms with Crippen LogP contribution < -0.4 is 0 Å². The minimum absolute atomic E-state index is 0.0258. The lowest BCUT2D eigenvalue weighted by atomic mass is 9.86. The molecule has 1 heterocycles. The Morgan fingerprint density at radius 2 is 1.81 bits per heavy atom. The second-order valence-corrected chi connectivity index (χ2v) is 9.06. The van der Waals surface area contributed by atoms with Crippen molar-refractivity contribution in [2.24, 2.45) is 5.92 Å². The molecule has 0 aliphatic heterocycles. The topological polar surface area (TPSA) is 79.5 Å². The summed E-state index contributed by atoms with van der Waals surface area (Å²) in [6, 6.07) is 9.34. The predicted octanol–water partition coefficient (Wildman–Crippen LogP) is 6.40. The molecule has 4 rings (SSSR count). The quantitative estimate of drug-likeness (QED) is 0.462. The number of phenols is 1. The van der Waals surface area contributed by atoms with Crippen LogP contribution in [-0.2, 0) is 4.79 Å². The van der Waals surface area contributed by atoms with Gasteiger partial charge < -0.3 is 10.2 Å². The Kier molecular flexibility index (Phi) is 6.00. The number of aliphatic carboxylic acids is 1. The van der Waals surface area contributed by atoms with Gasteiger partial charge in [0.25, 0.3) is 5.91 Å². The highest BCUT2D eigenvalue weighted by atomic mass is 35.5. The Balaban J connectivity index is 1.89. The molecule has 1 aliphatic rings. The van der Waals surface area contributed by atoms with Crippen LogP contribution in [0.5, 0.6) is 5.75 Å². The fraction of sp³-hybridized carbons (Fsp3) is 0.333. The van der Waals surface area contributed by atoms with Crippen molar-refractivity contribution in [2.75, 3.05) is 0 Å². The van der Waals surface area contributed by atoms with Gasteiger partial charge in [0.15, 0.2) is 0 Å². The molecule has 3 aromatic rings. The van der Waals surface area contributed by atoms with E-state index < -0.39 is 11.9 Å². The first-order chi connectivity index (χ1) is 14.8. The molecule has 1 aromatic heterocycles. The number of carboxylic acid groups (broad SMARTS) is 1. The van der Waals surface area contributed by atoms with Gasteiger partial charge in [0, 0.05) is 16.6 Å². The molecule has 1 unspecified atom stereocenters. The number of halogens is 2. The molecule has 0 amide bonds. The molecule has 0 saturated heterocycles. The van der Waals surface area contributed by atoms with Crippen molar-refractivity contribution in [1.29, 1.82) is 0 Å². The van der Waals surface area contributed by atoms with Gasteiger partial charge in [-0.25, -0.2) is 0 Å². The fourth-order valence-corrected chi connectivity index (χ4v) is 5.11. The summed E-state index contributed by atoms with van der Waals surface area (Å²) in [6.45, 7) is 1.76. The van der Waals surface area contributed by atoms with E-state index in [-0.39, 0.29) is 16.7 Å². The first kappa shape index (κ1) is 21.7. The van der Waals surface area contributed by atoms with Gasteiger partial charge in [0.05, 0.1) is 21.5 Å². The zero-order chi connectivity index (χ0) is 22.3. The van der Waals surface area contributed by atoms with Crippen LogP contribution in [-0.4, -0.2) is 26.7 Å². The Morgan fingerprint density at radius 1 is 1.10 bits per heavy atom. The van der Waals surface area contributed by atoms with Gasteiger partial charge in [-0.3, -0.25) is 14.2 Å². The van der Waals surface area contributed by atoms with E-state index in [1.54, 1.807) is 31.2 Å². The molecule has 162 valence electrons. The summed E-state index contributed by atoms with van der Waals surface area (Å²) in [5, 5.41) is 21.4. The molecule has 0 bridgehead atoms. The van der Waals surface area contributed by atoms with Crippen LogP contribution in [0.25, 0.3) is 10.9 Å². The van der Waals surface area contributed by atoms with Gasteiger partial charge in [0.2, 0.25) is 0 Å². The average Bonchev–Trinajstić information content (AvgIpc) is 3.33. The lowest BCUT2D eigenvalue weighted by Gasteiger charge is -2.18. The minimum Gasteiger partial charge on any atom is -0.508 e. The van der Waals surface area contributed by atoms with Crippen LogP contribution in [0.4, 0.5) is 0 Å². The van der Waals surface area contributed by atoms with Crippen LogP contribution in [0.3, 0.4) is 0 Å². The number of rotatable bonds is 5. The molecule has 2 N–H and O–H groups in total. The van der Waals surface area contributed by atoms with Gasteiger partial charge in [-0.1, -0.05) is 48.9 Å². The Morgan fingerprint density at radius 3 is 2.45 bits per heavy atom. The first-order valence-corrected chi connectivity index (χ1v) is 11.1. The molecular formula is C24H23Cl2NO4. The van der Waals surface area contributed by atoms with Crippen LogP contribution in [0.2, 0.25) is 10.0 Å². The van der Waals surface area contributed by atoms with Crippen molar-refractivity contribution < 1.29 is 19.8 Å². The summed E-state index contributed by atoms with van der Waals surface area (Å²) in [5.41, 5.74) is 2.04. The van der Waals surface area contributed by atoms with Crippen molar-refractivity contribution in [2.45, 2.75) is 44.9 Å². The maximum absolute atomic E-state index is 13.4. The first-order valence-electron chi connectivity index (χ1n) is 10.3. The van der Waals surface area contributed by atoms with E-state index in [4.69, 9.17) is 23.2 Å². The molecule has 1 saturated carbocycles. The highest BCUT2D eigenvalue weighted by molar-refractivity contribution is 6.42. The second-order valence-electron chi connectivity index (χ2n) is 8.25. The SMILES string of the molecule is Cc1c(C(CC2CCCC2)C(=O)O)c2cc(O)ccc2n1C(=O)c1ccc(Cl)c(Cl)c1. The summed E-state index contributed by atoms with van der Waals surface area (Å²) in [4.78, 5) is 25.7. The van der Waals surface area contributed by atoms with Crippen LogP contribution in [0.15, 0.2) is 36.4 Å². The van der Waals surface area contributed by atoms with Crippen molar-refractivity contribution in [3.05, 3.63) is 63.3 Å². The Labute approximate surface area is 190 Å². The highest BCUT2D eigenvalue weighted by Gasteiger charge is 2.32. The van der Waals surface area contributed by atoms with Crippen molar-refractivity contribution in [3.8, 4) is 5.75 Å². The van der Waals surface area contributed by atoms with E-state index >= 15 is 0 Å². The number of carboxylic acids is 1. The zero-order valence-corrected chi connectivity index (χ0v) is 18.6. The third kappa shape index (κ3) is 4.04. The molecule has 1 fully saturated rings. The monoisotopic (exact) mass is 459 g/mol. The van der Waals surface area contributed by atoms with E-state index in [2.05, 4.69) is 0 Å². The van der Waals surface area contributed by atoms with E-state index in [1.807, 2.05) is 0 Å². The maximum Gasteiger partial charge on any atom is 0.311 e. The third-order valence-electron chi connectivity index (χ3n) is 6.30. The summed E-state index contributed by atoms with van der Waals surface area (Å²) in [6.07, 6.45) is 4.80. The van der Waals surface area contributed by atoms with Gasteiger partial charge in [0.1, 0.15) is 5.75 Å². The normalized spacial score (nSPS) is 15.5. The number of carbonyl (C=O) groups is 2. The molecule has 0 spiro atoms. The standard InChI is InChI=1S/C24H23Cl2NO4/c1-13-22(18(24(30)31)10-14-4-2-3-5-14)17-12-16(28)7-9-21(17)27(13)23(29)15-6-8-19(25)20(26)11-15/h6-9,11-12,14,18,28H,2-5,10H2,1H3,(H,30,31). The van der Waals surface area contributed by atoms with Crippen molar-refractivity contribution >= 4 is 46.0 Å². The van der Waals surface area contributed by atoms with Crippen molar-refractivity contribution in [3.63, 3.8) is 0 Å². The number of nitrogens with zero attached hydrogens (tertiary/aromatic N) is 1. The number of benzene rings is 2. The van der Waals surface area contributed by atoms with E-state index in [9.17, 15) is 19.8 Å². The number of aromatic nitrogens is 1. The van der Waals surface area contributed by atoms with E-state index in [1.165, 1.54) is 16.7 Å². The molecule has 1 atom stereocenters. The van der Waals surface area contributed by atoms with Gasteiger partial charge in [-0.15, -0.1) is 0 Å². The predicted molar refractivity (Wildman–Crippen MR) is 121 cm³/mol. The number of carbonyl (C=O) groups excluding carboxylic acids is 1. The largest absolute Gasteiger partial charge is 0.508 e. The molecule has 0 radical (unpaired) electrons.